The van der Waals surface area contributed by atoms with Gasteiger partial charge in [-0.25, -0.2) is 0 Å². The number of allylic oxidation sites excluding steroid dienone is 1. The highest BCUT2D eigenvalue weighted by Crippen LogP contribution is 2.77. The van der Waals surface area contributed by atoms with Crippen molar-refractivity contribution in [3.63, 3.8) is 0 Å². The minimum atomic E-state index is -0.310. The maximum absolute atomic E-state index is 11.8. The lowest BCUT2D eigenvalue weighted by molar-refractivity contribution is -0.274. The lowest BCUT2D eigenvalue weighted by Crippen LogP contribution is -2.69. The van der Waals surface area contributed by atoms with Gasteiger partial charge in [0.1, 0.15) is 0 Å². The first kappa shape index (κ1) is 23.4. The molecule has 0 saturated heterocycles. The normalized spacial score (nSPS) is 58.8. The van der Waals surface area contributed by atoms with Gasteiger partial charge in [0.15, 0.2) is 0 Å². The van der Waals surface area contributed by atoms with Gasteiger partial charge in [-0.05, 0) is 121 Å². The number of hydrogen-bond donors (Lipinski definition) is 2. The number of aliphatic hydroxyl groups is 2. The van der Waals surface area contributed by atoms with E-state index in [2.05, 4.69) is 55.0 Å². The topological polar surface area (TPSA) is 40.5 Å². The highest BCUT2D eigenvalue weighted by molar-refractivity contribution is 5.22. The van der Waals surface area contributed by atoms with E-state index in [-0.39, 0.29) is 39.8 Å². The summed E-state index contributed by atoms with van der Waals surface area (Å²) in [6, 6.07) is 0. The molecule has 0 bridgehead atoms. The second kappa shape index (κ2) is 6.87. The van der Waals surface area contributed by atoms with Crippen LogP contribution in [0.4, 0.5) is 0 Å². The molecule has 0 heterocycles. The van der Waals surface area contributed by atoms with Gasteiger partial charge in [-0.2, -0.15) is 0 Å². The number of fused-ring (bicyclic) bond motifs is 7. The Bertz CT molecular complexity index is 801. The van der Waals surface area contributed by atoms with Crippen molar-refractivity contribution in [1.82, 2.24) is 0 Å². The van der Waals surface area contributed by atoms with Crippen molar-refractivity contribution in [2.24, 2.45) is 56.7 Å². The zero-order chi connectivity index (χ0) is 23.5. The molecule has 0 unspecified atom stereocenters. The van der Waals surface area contributed by atoms with Crippen LogP contribution in [0.1, 0.15) is 106 Å². The number of hydrogen-bond acceptors (Lipinski definition) is 2. The summed E-state index contributed by atoms with van der Waals surface area (Å²) >= 11 is 0. The molecule has 5 aliphatic rings. The molecule has 5 rings (SSSR count). The van der Waals surface area contributed by atoms with Crippen LogP contribution in [0.3, 0.4) is 0 Å². The van der Waals surface area contributed by atoms with Crippen LogP contribution in [0.15, 0.2) is 12.2 Å². The molecule has 2 nitrogen and oxygen atoms in total. The third-order valence-electron chi connectivity index (χ3n) is 13.3. The highest BCUT2D eigenvalue weighted by Gasteiger charge is 2.71. The maximum atomic E-state index is 11.8. The quantitative estimate of drug-likeness (QED) is 0.429. The summed E-state index contributed by atoms with van der Waals surface area (Å²) in [4.78, 5) is 0. The highest BCUT2D eigenvalue weighted by atomic mass is 16.3. The van der Waals surface area contributed by atoms with Crippen LogP contribution < -0.4 is 0 Å². The summed E-state index contributed by atoms with van der Waals surface area (Å²) in [6.45, 7) is 21.5. The smallest absolute Gasteiger partial charge is 0.0595 e. The SMILES string of the molecule is C=C(C)[C@@H]1CC[C@]2(C)CC[C@]3(C)[C@@H](CC[C@H]4[C@@]5(C)CC[C@H](O)C(C)(C)[C@@H]5[C@@H](O)C[C@]43C)[C@H]12. The van der Waals surface area contributed by atoms with Gasteiger partial charge in [0, 0.05) is 0 Å². The second-order valence-corrected chi connectivity index (χ2v) is 14.9. The predicted octanol–water partition coefficient (Wildman–Crippen LogP) is 7.00. The van der Waals surface area contributed by atoms with Crippen LogP contribution in [-0.4, -0.2) is 22.4 Å². The standard InChI is InChI=1S/C30H50O2/c1-18(2)19-11-13-27(5)15-16-29(7)20(24(19)27)9-10-22-28(6)14-12-23(32)26(3,4)25(28)21(31)17-30(22,29)8/h19-25,31-32H,1,9-17H2,2-8H3/t19-,20-,21-,22-,23-,24-,25-,27+,28+,29+,30+/m0/s1. The van der Waals surface area contributed by atoms with Gasteiger partial charge < -0.3 is 10.2 Å². The van der Waals surface area contributed by atoms with Crippen molar-refractivity contribution in [1.29, 1.82) is 0 Å². The van der Waals surface area contributed by atoms with Crippen molar-refractivity contribution < 1.29 is 10.2 Å². The molecular weight excluding hydrogens is 392 g/mol. The maximum Gasteiger partial charge on any atom is 0.0595 e. The third kappa shape index (κ3) is 2.66. The van der Waals surface area contributed by atoms with Crippen LogP contribution >= 0.6 is 0 Å². The lowest BCUT2D eigenvalue weighted by Gasteiger charge is -2.73. The molecule has 0 spiro atoms. The van der Waals surface area contributed by atoms with Gasteiger partial charge in [0.25, 0.3) is 0 Å². The first-order valence-electron chi connectivity index (χ1n) is 13.7. The molecule has 32 heavy (non-hydrogen) atoms. The van der Waals surface area contributed by atoms with E-state index in [0.717, 1.165) is 31.1 Å². The molecule has 0 amide bonds. The van der Waals surface area contributed by atoms with Crippen molar-refractivity contribution >= 4 is 0 Å². The molecular formula is C30H50O2. The van der Waals surface area contributed by atoms with E-state index in [0.29, 0.717) is 17.3 Å². The molecule has 2 N–H and O–H groups in total. The molecule has 2 heteroatoms. The second-order valence-electron chi connectivity index (χ2n) is 14.9. The first-order valence-corrected chi connectivity index (χ1v) is 13.7. The van der Waals surface area contributed by atoms with Crippen LogP contribution in [0.2, 0.25) is 0 Å². The Hall–Kier alpha value is -0.340. The van der Waals surface area contributed by atoms with Gasteiger partial charge in [-0.15, -0.1) is 0 Å². The van der Waals surface area contributed by atoms with Crippen LogP contribution in [0.25, 0.3) is 0 Å². The van der Waals surface area contributed by atoms with Gasteiger partial charge in [-0.1, -0.05) is 53.7 Å². The van der Waals surface area contributed by atoms with Crippen molar-refractivity contribution in [2.45, 2.75) is 118 Å². The number of rotatable bonds is 1. The van der Waals surface area contributed by atoms with Gasteiger partial charge in [0.2, 0.25) is 0 Å². The fourth-order valence-electron chi connectivity index (χ4n) is 11.7. The minimum absolute atomic E-state index is 0.118. The van der Waals surface area contributed by atoms with E-state index in [4.69, 9.17) is 0 Å². The third-order valence-corrected chi connectivity index (χ3v) is 13.3. The average molecular weight is 443 g/mol. The largest absolute Gasteiger partial charge is 0.393 e. The van der Waals surface area contributed by atoms with Gasteiger partial charge in [-0.3, -0.25) is 0 Å². The Morgan fingerprint density at radius 2 is 1.50 bits per heavy atom. The summed E-state index contributed by atoms with van der Waals surface area (Å²) in [6.07, 6.45) is 10.3. The van der Waals surface area contributed by atoms with Gasteiger partial charge >= 0.3 is 0 Å². The van der Waals surface area contributed by atoms with E-state index < -0.39 is 0 Å². The molecule has 182 valence electrons. The Labute approximate surface area is 197 Å². The molecule has 0 aromatic heterocycles. The summed E-state index contributed by atoms with van der Waals surface area (Å²) in [7, 11) is 0. The van der Waals surface area contributed by atoms with Crippen LogP contribution in [-0.2, 0) is 0 Å². The average Bonchev–Trinajstić information content (AvgIpc) is 3.03. The predicted molar refractivity (Wildman–Crippen MR) is 132 cm³/mol. The van der Waals surface area contributed by atoms with Crippen molar-refractivity contribution in [3.05, 3.63) is 12.2 Å². The molecule has 5 aliphatic carbocycles. The molecule has 5 saturated carbocycles. The molecule has 0 aromatic rings. The summed E-state index contributed by atoms with van der Waals surface area (Å²) in [5, 5.41) is 22.7. The molecule has 0 radical (unpaired) electrons. The van der Waals surface area contributed by atoms with E-state index in [1.54, 1.807) is 0 Å². The molecule has 11 atom stereocenters. The number of aliphatic hydroxyl groups excluding tert-OH is 2. The zero-order valence-electron chi connectivity index (χ0n) is 22.0. The summed E-state index contributed by atoms with van der Waals surface area (Å²) in [5.41, 5.74) is 2.25. The van der Waals surface area contributed by atoms with E-state index >= 15 is 0 Å². The summed E-state index contributed by atoms with van der Waals surface area (Å²) < 4.78 is 0. The fourth-order valence-corrected chi connectivity index (χ4v) is 11.7. The monoisotopic (exact) mass is 442 g/mol. The summed E-state index contributed by atoms with van der Waals surface area (Å²) in [5.74, 6) is 3.04. The van der Waals surface area contributed by atoms with Crippen LogP contribution in [0, 0.1) is 56.7 Å². The van der Waals surface area contributed by atoms with E-state index in [9.17, 15) is 10.2 Å². The van der Waals surface area contributed by atoms with Crippen molar-refractivity contribution in [3.8, 4) is 0 Å². The van der Waals surface area contributed by atoms with Crippen molar-refractivity contribution in [2.75, 3.05) is 0 Å². The Kier molecular flexibility index (Phi) is 5.02. The zero-order valence-corrected chi connectivity index (χ0v) is 22.0. The molecule has 0 aliphatic heterocycles. The fraction of sp³-hybridized carbons (Fsp3) is 0.933. The lowest BCUT2D eigenvalue weighted by atomic mass is 9.32. The Morgan fingerprint density at radius 1 is 0.812 bits per heavy atom. The Balaban J connectivity index is 1.58. The first-order chi connectivity index (χ1) is 14.7. The Morgan fingerprint density at radius 3 is 2.16 bits per heavy atom. The van der Waals surface area contributed by atoms with Gasteiger partial charge in [0.05, 0.1) is 12.2 Å². The molecule has 0 aromatic carbocycles. The molecule has 5 fully saturated rings. The van der Waals surface area contributed by atoms with Crippen LogP contribution in [0.5, 0.6) is 0 Å². The van der Waals surface area contributed by atoms with E-state index in [1.165, 1.54) is 44.1 Å². The van der Waals surface area contributed by atoms with E-state index in [1.807, 2.05) is 0 Å². The minimum Gasteiger partial charge on any atom is -0.393 e.